The number of likely N-dealkylation sites (tertiary alicyclic amines) is 1. The maximum Gasteiger partial charge on any atom is 0.417 e. The summed E-state index contributed by atoms with van der Waals surface area (Å²) in [5, 5.41) is 0. The summed E-state index contributed by atoms with van der Waals surface area (Å²) in [7, 11) is 0. The fourth-order valence-corrected chi connectivity index (χ4v) is 5.53. The minimum absolute atomic E-state index is 0.130. The van der Waals surface area contributed by atoms with E-state index < -0.39 is 17.8 Å². The van der Waals surface area contributed by atoms with Crippen LogP contribution in [0.2, 0.25) is 0 Å². The summed E-state index contributed by atoms with van der Waals surface area (Å²) in [6.45, 7) is 2.91. The molecule has 0 N–H and O–H groups in total. The van der Waals surface area contributed by atoms with Crippen LogP contribution in [-0.4, -0.2) is 59.1 Å². The molecule has 188 valence electrons. The van der Waals surface area contributed by atoms with Crippen molar-refractivity contribution in [2.75, 3.05) is 26.2 Å². The lowest BCUT2D eigenvalue weighted by Gasteiger charge is -2.41. The second kappa shape index (κ2) is 9.85. The minimum atomic E-state index is -4.46. The highest BCUT2D eigenvalue weighted by molar-refractivity contribution is 5.81. The first kappa shape index (κ1) is 24.2. The van der Waals surface area contributed by atoms with Crippen LogP contribution in [0.5, 0.6) is 0 Å². The molecule has 1 amide bonds. The number of amides is 1. The molecule has 2 aromatic rings. The summed E-state index contributed by atoms with van der Waals surface area (Å²) in [5.41, 5.74) is 1.47. The van der Waals surface area contributed by atoms with Crippen LogP contribution in [-0.2, 0) is 28.7 Å². The van der Waals surface area contributed by atoms with Crippen LogP contribution in [0.25, 0.3) is 0 Å². The highest BCUT2D eigenvalue weighted by Gasteiger charge is 2.36. The monoisotopic (exact) mass is 491 g/mol. The van der Waals surface area contributed by atoms with Crippen LogP contribution >= 0.6 is 0 Å². The van der Waals surface area contributed by atoms with Crippen molar-refractivity contribution in [3.8, 4) is 0 Å². The molecule has 0 saturated carbocycles. The Labute approximate surface area is 202 Å². The number of carbonyl (C=O) groups is 1. The normalized spacial score (nSPS) is 24.3. The molecule has 1 aromatic carbocycles. The van der Waals surface area contributed by atoms with Gasteiger partial charge >= 0.3 is 6.18 Å². The van der Waals surface area contributed by atoms with E-state index in [2.05, 4.69) is 9.88 Å². The summed E-state index contributed by atoms with van der Waals surface area (Å²) in [4.78, 5) is 21.1. The number of piperidine rings is 1. The van der Waals surface area contributed by atoms with Gasteiger partial charge in [0.05, 0.1) is 12.2 Å². The lowest BCUT2D eigenvalue weighted by molar-refractivity contribution is -0.150. The van der Waals surface area contributed by atoms with Gasteiger partial charge in [0.25, 0.3) is 5.91 Å². The van der Waals surface area contributed by atoms with E-state index in [0.717, 1.165) is 44.6 Å². The predicted octanol–water partition coefficient (Wildman–Crippen LogP) is 4.55. The average molecular weight is 492 g/mol. The molecule has 0 radical (unpaired) electrons. The quantitative estimate of drug-likeness (QED) is 0.591. The van der Waals surface area contributed by atoms with E-state index in [0.29, 0.717) is 43.2 Å². The van der Waals surface area contributed by atoms with Gasteiger partial charge < -0.3 is 9.64 Å². The Kier molecular flexibility index (Phi) is 6.81. The van der Waals surface area contributed by atoms with E-state index >= 15 is 0 Å². The molecule has 3 aliphatic rings. The number of hydrogen-bond acceptors (Lipinski definition) is 4. The summed E-state index contributed by atoms with van der Waals surface area (Å²) in [5.74, 6) is 0.0627. The third-order valence-corrected chi connectivity index (χ3v) is 7.59. The zero-order valence-corrected chi connectivity index (χ0v) is 19.4. The Balaban J connectivity index is 1.12. The molecule has 2 unspecified atom stereocenters. The molecular weight excluding hydrogens is 462 g/mol. The summed E-state index contributed by atoms with van der Waals surface area (Å²) in [6, 6.07) is 8.13. The zero-order chi connectivity index (χ0) is 24.6. The number of ether oxygens (including phenoxy) is 1. The van der Waals surface area contributed by atoms with Crippen LogP contribution in [0.15, 0.2) is 36.5 Å². The molecule has 0 spiro atoms. The third kappa shape index (κ3) is 5.35. The molecule has 5 nitrogen and oxygen atoms in total. The Bertz CT molecular complexity index is 1040. The molecule has 3 aliphatic heterocycles. The lowest BCUT2D eigenvalue weighted by Crippen LogP contribution is -2.50. The van der Waals surface area contributed by atoms with E-state index in [-0.39, 0.29) is 24.3 Å². The van der Waals surface area contributed by atoms with Crippen molar-refractivity contribution in [2.45, 2.75) is 62.9 Å². The fourth-order valence-electron chi connectivity index (χ4n) is 5.53. The van der Waals surface area contributed by atoms with Crippen molar-refractivity contribution >= 4 is 5.91 Å². The van der Waals surface area contributed by atoms with E-state index in [1.54, 1.807) is 4.90 Å². The number of rotatable bonds is 3. The lowest BCUT2D eigenvalue weighted by atomic mass is 9.88. The third-order valence-electron chi connectivity index (χ3n) is 7.59. The van der Waals surface area contributed by atoms with Gasteiger partial charge in [-0.15, -0.1) is 0 Å². The Morgan fingerprint density at radius 1 is 1.03 bits per heavy atom. The number of aromatic nitrogens is 1. The van der Waals surface area contributed by atoms with Crippen LogP contribution in [0.1, 0.15) is 54.0 Å². The molecular formula is C26H29F4N3O2. The van der Waals surface area contributed by atoms with E-state index in [1.165, 1.54) is 17.7 Å². The predicted molar refractivity (Wildman–Crippen MR) is 121 cm³/mol. The van der Waals surface area contributed by atoms with Gasteiger partial charge in [-0.1, -0.05) is 12.1 Å². The molecule has 1 aromatic heterocycles. The van der Waals surface area contributed by atoms with Crippen molar-refractivity contribution in [1.29, 1.82) is 0 Å². The highest BCUT2D eigenvalue weighted by Crippen LogP contribution is 2.33. The van der Waals surface area contributed by atoms with Gasteiger partial charge in [-0.2, -0.15) is 13.2 Å². The van der Waals surface area contributed by atoms with Gasteiger partial charge in [0.1, 0.15) is 11.9 Å². The number of alkyl halides is 3. The van der Waals surface area contributed by atoms with Gasteiger partial charge in [0.15, 0.2) is 0 Å². The Hall–Kier alpha value is -2.52. The molecule has 2 saturated heterocycles. The SMILES string of the molecule is O=C(C1CCC(N2CCC(c3ccc(F)cc3)CC2)CO1)N1CCc2ncc(C(F)(F)F)cc2C1. The smallest absolute Gasteiger partial charge is 0.367 e. The van der Waals surface area contributed by atoms with Crippen molar-refractivity contribution in [3.05, 3.63) is 64.7 Å². The molecule has 0 bridgehead atoms. The molecule has 4 heterocycles. The first-order chi connectivity index (χ1) is 16.8. The van der Waals surface area contributed by atoms with Crippen molar-refractivity contribution in [1.82, 2.24) is 14.8 Å². The summed E-state index contributed by atoms with van der Waals surface area (Å²) >= 11 is 0. The largest absolute Gasteiger partial charge is 0.417 e. The van der Waals surface area contributed by atoms with Crippen molar-refractivity contribution < 1.29 is 27.1 Å². The minimum Gasteiger partial charge on any atom is -0.367 e. The maximum atomic E-state index is 13.2. The number of carbonyl (C=O) groups excluding carboxylic acids is 1. The van der Waals surface area contributed by atoms with E-state index in [4.69, 9.17) is 4.74 Å². The van der Waals surface area contributed by atoms with Gasteiger partial charge in [-0.3, -0.25) is 14.7 Å². The second-order valence-corrected chi connectivity index (χ2v) is 9.75. The van der Waals surface area contributed by atoms with Crippen LogP contribution in [0, 0.1) is 5.82 Å². The maximum absolute atomic E-state index is 13.2. The molecule has 2 fully saturated rings. The first-order valence-electron chi connectivity index (χ1n) is 12.2. The molecule has 35 heavy (non-hydrogen) atoms. The van der Waals surface area contributed by atoms with E-state index in [9.17, 15) is 22.4 Å². The number of fused-ring (bicyclic) bond motifs is 1. The van der Waals surface area contributed by atoms with E-state index in [1.807, 2.05) is 12.1 Å². The molecule has 0 aliphatic carbocycles. The van der Waals surface area contributed by atoms with Crippen molar-refractivity contribution in [3.63, 3.8) is 0 Å². The van der Waals surface area contributed by atoms with Gasteiger partial charge in [-0.25, -0.2) is 4.39 Å². The molecule has 9 heteroatoms. The number of halogens is 4. The standard InChI is InChI=1S/C26H29F4N3O2/c27-21-3-1-17(2-4-21)18-7-10-32(11-8-18)22-5-6-24(35-16-22)25(34)33-12-9-23-19(15-33)13-20(14-31-23)26(28,29)30/h1-4,13-14,18,22,24H,5-12,15-16H2. The van der Waals surface area contributed by atoms with Crippen LogP contribution in [0.3, 0.4) is 0 Å². The average Bonchev–Trinajstić information content (AvgIpc) is 2.88. The Morgan fingerprint density at radius 3 is 2.43 bits per heavy atom. The Morgan fingerprint density at radius 2 is 1.77 bits per heavy atom. The highest BCUT2D eigenvalue weighted by atomic mass is 19.4. The topological polar surface area (TPSA) is 45.7 Å². The van der Waals surface area contributed by atoms with Crippen molar-refractivity contribution in [2.24, 2.45) is 0 Å². The number of pyridine rings is 1. The van der Waals surface area contributed by atoms with Gasteiger partial charge in [-0.05, 0) is 74.0 Å². The van der Waals surface area contributed by atoms with Gasteiger partial charge in [0.2, 0.25) is 0 Å². The number of hydrogen-bond donors (Lipinski definition) is 0. The molecule has 2 atom stereocenters. The fraction of sp³-hybridized carbons (Fsp3) is 0.538. The first-order valence-corrected chi connectivity index (χ1v) is 12.2. The summed E-state index contributed by atoms with van der Waals surface area (Å²) in [6.07, 6.45) is -0.238. The van der Waals surface area contributed by atoms with Gasteiger partial charge in [0, 0.05) is 37.4 Å². The zero-order valence-electron chi connectivity index (χ0n) is 19.4. The van der Waals surface area contributed by atoms with Crippen LogP contribution < -0.4 is 0 Å². The summed E-state index contributed by atoms with van der Waals surface area (Å²) < 4.78 is 58.4. The number of nitrogens with zero attached hydrogens (tertiary/aromatic N) is 3. The molecule has 5 rings (SSSR count). The number of benzene rings is 1. The van der Waals surface area contributed by atoms with Crippen LogP contribution in [0.4, 0.5) is 17.6 Å². The second-order valence-electron chi connectivity index (χ2n) is 9.75.